The van der Waals surface area contributed by atoms with Crippen molar-refractivity contribution in [1.29, 1.82) is 0 Å². The van der Waals surface area contributed by atoms with Crippen molar-refractivity contribution in [1.82, 2.24) is 29.8 Å². The van der Waals surface area contributed by atoms with Crippen LogP contribution in [-0.4, -0.2) is 145 Å². The van der Waals surface area contributed by atoms with Crippen LogP contribution in [0.2, 0.25) is 0 Å². The molecule has 3 rings (SSSR count). The third kappa shape index (κ3) is 7.58. The van der Waals surface area contributed by atoms with E-state index in [-0.39, 0.29) is 56.9 Å². The fraction of sp³-hybridized carbons (Fsp3) is 0.577. The Labute approximate surface area is 232 Å². The first-order valence-corrected chi connectivity index (χ1v) is 13.0. The molecule has 40 heavy (non-hydrogen) atoms. The molecule has 1 aromatic carbocycles. The van der Waals surface area contributed by atoms with Gasteiger partial charge in [-0.3, -0.25) is 19.2 Å². The van der Waals surface area contributed by atoms with E-state index in [1.807, 2.05) is 19.0 Å². The molecule has 1 saturated heterocycles. The number of halogens is 1. The Morgan fingerprint density at radius 3 is 2.55 bits per heavy atom. The summed E-state index contributed by atoms with van der Waals surface area (Å²) in [4.78, 5) is 71.4. The molecule has 0 saturated carbocycles. The number of amides is 5. The van der Waals surface area contributed by atoms with E-state index in [4.69, 9.17) is 4.74 Å². The lowest BCUT2D eigenvalue weighted by atomic mass is 10.1. The smallest absolute Gasteiger partial charge is 0.407 e. The zero-order valence-corrected chi connectivity index (χ0v) is 23.3. The minimum Gasteiger partial charge on any atom is -0.491 e. The van der Waals surface area contributed by atoms with Gasteiger partial charge in [0.05, 0.1) is 18.2 Å². The first-order chi connectivity index (χ1) is 18.9. The lowest BCUT2D eigenvalue weighted by molar-refractivity contribution is -0.143. The highest BCUT2D eigenvalue weighted by Crippen LogP contribution is 2.24. The van der Waals surface area contributed by atoms with Crippen molar-refractivity contribution in [2.24, 2.45) is 0 Å². The number of hydrogen-bond donors (Lipinski definition) is 2. The molecular weight excluding hydrogens is 527 g/mol. The summed E-state index contributed by atoms with van der Waals surface area (Å²) >= 11 is 0. The minimum atomic E-state index is -1.15. The maximum Gasteiger partial charge on any atom is 0.407 e. The van der Waals surface area contributed by atoms with Gasteiger partial charge in [0.2, 0.25) is 17.7 Å². The zero-order valence-electron chi connectivity index (χ0n) is 23.3. The predicted molar refractivity (Wildman–Crippen MR) is 141 cm³/mol. The van der Waals surface area contributed by atoms with E-state index in [2.05, 4.69) is 5.32 Å². The number of nitrogens with one attached hydrogen (secondary N) is 1. The first-order valence-electron chi connectivity index (χ1n) is 13.0. The number of piperazine rings is 1. The number of likely N-dealkylation sites (N-methyl/N-ethyl adjacent to an activating group) is 3. The van der Waals surface area contributed by atoms with Crippen LogP contribution >= 0.6 is 0 Å². The molecular formula is C26H37FN6O7. The van der Waals surface area contributed by atoms with Crippen molar-refractivity contribution >= 4 is 29.7 Å². The Kier molecular flexibility index (Phi) is 10.3. The molecule has 5 amide bonds. The molecule has 2 aliphatic rings. The van der Waals surface area contributed by atoms with Crippen LogP contribution in [0.15, 0.2) is 18.2 Å². The highest BCUT2D eigenvalue weighted by molar-refractivity contribution is 5.99. The molecule has 0 radical (unpaired) electrons. The van der Waals surface area contributed by atoms with Crippen LogP contribution in [-0.2, 0) is 14.4 Å². The van der Waals surface area contributed by atoms with Gasteiger partial charge in [-0.25, -0.2) is 9.18 Å². The number of hydrogen-bond acceptors (Lipinski definition) is 7. The number of fused-ring (bicyclic) bond motifs is 2. The van der Waals surface area contributed by atoms with Crippen LogP contribution in [0.25, 0.3) is 0 Å². The summed E-state index contributed by atoms with van der Waals surface area (Å²) in [6, 6.07) is 1.63. The van der Waals surface area contributed by atoms with Gasteiger partial charge in [0.15, 0.2) is 0 Å². The Morgan fingerprint density at radius 2 is 1.88 bits per heavy atom. The molecule has 14 heteroatoms. The molecule has 0 aromatic heterocycles. The molecule has 1 aromatic rings. The van der Waals surface area contributed by atoms with Gasteiger partial charge in [-0.1, -0.05) is 0 Å². The predicted octanol–water partition coefficient (Wildman–Crippen LogP) is -0.234. The van der Waals surface area contributed by atoms with Crippen molar-refractivity contribution < 1.29 is 38.2 Å². The normalized spacial score (nSPS) is 21.3. The van der Waals surface area contributed by atoms with Crippen molar-refractivity contribution in [2.45, 2.75) is 24.9 Å². The van der Waals surface area contributed by atoms with Crippen molar-refractivity contribution in [2.75, 3.05) is 74.1 Å². The van der Waals surface area contributed by atoms with Gasteiger partial charge < -0.3 is 39.7 Å². The van der Waals surface area contributed by atoms with E-state index >= 15 is 0 Å². The monoisotopic (exact) mass is 564 g/mol. The second-order valence-corrected chi connectivity index (χ2v) is 10.2. The first kappa shape index (κ1) is 30.6. The van der Waals surface area contributed by atoms with Crippen molar-refractivity contribution in [3.63, 3.8) is 0 Å². The van der Waals surface area contributed by atoms with Gasteiger partial charge >= 0.3 is 6.09 Å². The number of benzene rings is 1. The SMILES string of the molecule is CN(C)CCNC(=O)[C@H]1CCC(=O)N(C)CC(=O)N2CCN(C(=O)O)C[C@@H]2COc2ccc(F)cc2C(=O)N1C. The van der Waals surface area contributed by atoms with Gasteiger partial charge in [0.25, 0.3) is 5.91 Å². The molecule has 2 atom stereocenters. The van der Waals surface area contributed by atoms with E-state index in [1.54, 1.807) is 0 Å². The average molecular weight is 565 g/mol. The number of nitrogens with zero attached hydrogens (tertiary/aromatic N) is 5. The fourth-order valence-electron chi connectivity index (χ4n) is 4.67. The Bertz CT molecular complexity index is 1130. The molecule has 2 N–H and O–H groups in total. The summed E-state index contributed by atoms with van der Waals surface area (Å²) < 4.78 is 20.2. The van der Waals surface area contributed by atoms with Crippen LogP contribution < -0.4 is 10.1 Å². The molecule has 1 fully saturated rings. The van der Waals surface area contributed by atoms with Crippen molar-refractivity contribution in [3.05, 3.63) is 29.6 Å². The summed E-state index contributed by atoms with van der Waals surface area (Å²) in [6.45, 7) is 0.567. The van der Waals surface area contributed by atoms with E-state index in [9.17, 15) is 33.5 Å². The average Bonchev–Trinajstić information content (AvgIpc) is 2.90. The topological polar surface area (TPSA) is 143 Å². The van der Waals surface area contributed by atoms with E-state index in [0.29, 0.717) is 13.1 Å². The lowest BCUT2D eigenvalue weighted by Gasteiger charge is -2.40. The Morgan fingerprint density at radius 1 is 1.15 bits per heavy atom. The quantitative estimate of drug-likeness (QED) is 0.511. The number of carbonyl (C=O) groups is 5. The van der Waals surface area contributed by atoms with E-state index in [0.717, 1.165) is 21.9 Å². The highest BCUT2D eigenvalue weighted by atomic mass is 19.1. The van der Waals surface area contributed by atoms with Gasteiger partial charge in [0, 0.05) is 53.2 Å². The van der Waals surface area contributed by atoms with Gasteiger partial charge in [-0.2, -0.15) is 0 Å². The number of carboxylic acid groups (broad SMARTS) is 1. The van der Waals surface area contributed by atoms with Crippen molar-refractivity contribution in [3.8, 4) is 5.75 Å². The summed E-state index contributed by atoms with van der Waals surface area (Å²) in [6.07, 6.45) is -1.31. The highest BCUT2D eigenvalue weighted by Gasteiger charge is 2.35. The van der Waals surface area contributed by atoms with Crippen LogP contribution in [0.3, 0.4) is 0 Å². The second-order valence-electron chi connectivity index (χ2n) is 10.2. The second kappa shape index (κ2) is 13.4. The van der Waals surface area contributed by atoms with Crippen LogP contribution in [0.1, 0.15) is 23.2 Å². The molecule has 0 unspecified atom stereocenters. The standard InChI is InChI=1S/C26H37FN6O7/c1-29(2)10-9-28-24(36)20-6-8-22(34)30(3)15-23(35)33-12-11-32(26(38)39)14-18(33)16-40-21-7-5-17(27)13-19(21)25(37)31(20)4/h5,7,13,18,20H,6,8-12,14-16H2,1-4H3,(H,28,36)(H,38,39)/t18-,20-/m1/s1. The zero-order chi connectivity index (χ0) is 29.6. The summed E-state index contributed by atoms with van der Waals surface area (Å²) in [5.74, 6) is -2.64. The summed E-state index contributed by atoms with van der Waals surface area (Å²) in [5, 5.41) is 12.3. The minimum absolute atomic E-state index is 0.0212. The molecule has 2 aliphatic heterocycles. The van der Waals surface area contributed by atoms with E-state index in [1.165, 1.54) is 30.0 Å². The van der Waals surface area contributed by atoms with Gasteiger partial charge in [-0.05, 0) is 38.7 Å². The molecule has 0 bridgehead atoms. The Hall–Kier alpha value is -3.94. The maximum atomic E-state index is 14.3. The summed E-state index contributed by atoms with van der Waals surface area (Å²) in [5.41, 5.74) is -0.143. The van der Waals surface area contributed by atoms with Crippen LogP contribution in [0, 0.1) is 5.82 Å². The number of ether oxygens (including phenoxy) is 1. The number of carbonyl (C=O) groups excluding carboxylic acids is 4. The summed E-state index contributed by atoms with van der Waals surface area (Å²) in [7, 11) is 6.56. The largest absolute Gasteiger partial charge is 0.491 e. The molecule has 0 spiro atoms. The van der Waals surface area contributed by atoms with Gasteiger partial charge in [-0.15, -0.1) is 0 Å². The molecule has 2 heterocycles. The molecule has 0 aliphatic carbocycles. The molecule has 13 nitrogen and oxygen atoms in total. The van der Waals surface area contributed by atoms with E-state index < -0.39 is 47.6 Å². The van der Waals surface area contributed by atoms with Gasteiger partial charge in [0.1, 0.15) is 24.2 Å². The molecule has 220 valence electrons. The fourth-order valence-corrected chi connectivity index (χ4v) is 4.67. The van der Waals surface area contributed by atoms with Crippen LogP contribution in [0.4, 0.5) is 9.18 Å². The Balaban J connectivity index is 1.97. The third-order valence-corrected chi connectivity index (χ3v) is 7.06. The number of rotatable bonds is 4. The van der Waals surface area contributed by atoms with Crippen LogP contribution in [0.5, 0.6) is 5.75 Å². The maximum absolute atomic E-state index is 14.3. The third-order valence-electron chi connectivity index (χ3n) is 7.06. The lowest BCUT2D eigenvalue weighted by Crippen LogP contribution is -2.59.